The monoisotopic (exact) mass is 349 g/mol. The Hall–Kier alpha value is -1.95. The van der Waals surface area contributed by atoms with Gasteiger partial charge in [-0.15, -0.1) is 0 Å². The molecule has 6 heteroatoms. The number of carbonyl (C=O) groups is 1. The zero-order chi connectivity index (χ0) is 15.2. The number of benzene rings is 1. The maximum Gasteiger partial charge on any atom is 0.267 e. The number of hydrogen-bond acceptors (Lipinski definition) is 4. The van der Waals surface area contributed by atoms with Crippen molar-refractivity contribution in [2.75, 3.05) is 5.32 Å². The van der Waals surface area contributed by atoms with Crippen molar-refractivity contribution in [2.24, 2.45) is 0 Å². The van der Waals surface area contributed by atoms with Crippen LogP contribution in [0.5, 0.6) is 5.75 Å². The molecule has 0 saturated heterocycles. The first-order valence-electron chi connectivity index (χ1n) is 6.61. The molecule has 0 fully saturated rings. The first-order valence-corrected chi connectivity index (χ1v) is 7.40. The fraction of sp³-hybridized carbons (Fsp3) is 0.267. The van der Waals surface area contributed by atoms with E-state index in [-0.39, 0.29) is 11.9 Å². The summed E-state index contributed by atoms with van der Waals surface area (Å²) in [6, 6.07) is 9.12. The summed E-state index contributed by atoms with van der Waals surface area (Å²) in [5.41, 5.74) is 0.794. The van der Waals surface area contributed by atoms with E-state index in [1.807, 2.05) is 38.1 Å². The van der Waals surface area contributed by atoms with E-state index in [1.165, 1.54) is 0 Å². The topological polar surface area (TPSA) is 64.1 Å². The van der Waals surface area contributed by atoms with E-state index in [0.29, 0.717) is 12.2 Å². The molecule has 1 amide bonds. The molecule has 1 aromatic carbocycles. The Morgan fingerprint density at radius 1 is 1.33 bits per heavy atom. The van der Waals surface area contributed by atoms with E-state index in [0.717, 1.165) is 10.2 Å². The van der Waals surface area contributed by atoms with Crippen molar-refractivity contribution < 1.29 is 9.53 Å². The predicted molar refractivity (Wildman–Crippen MR) is 84.2 cm³/mol. The Labute approximate surface area is 131 Å². The molecule has 0 unspecified atom stereocenters. The number of amides is 1. The second kappa shape index (κ2) is 7.17. The van der Waals surface area contributed by atoms with Gasteiger partial charge in [0.25, 0.3) is 5.91 Å². The van der Waals surface area contributed by atoms with Gasteiger partial charge in [0.2, 0.25) is 5.95 Å². The van der Waals surface area contributed by atoms with Gasteiger partial charge in [0.15, 0.2) is 6.10 Å². The van der Waals surface area contributed by atoms with Crippen molar-refractivity contribution in [1.82, 2.24) is 9.97 Å². The molecule has 2 aromatic rings. The van der Waals surface area contributed by atoms with E-state index in [9.17, 15) is 4.79 Å². The van der Waals surface area contributed by atoms with Crippen LogP contribution in [0.15, 0.2) is 41.0 Å². The van der Waals surface area contributed by atoms with Gasteiger partial charge in [-0.05, 0) is 43.7 Å². The first-order chi connectivity index (χ1) is 10.1. The predicted octanol–water partition coefficient (Wildman–Crippen LogP) is 3.34. The zero-order valence-corrected chi connectivity index (χ0v) is 13.4. The molecule has 1 heterocycles. The maximum absolute atomic E-state index is 12.2. The number of hydrogen-bond donors (Lipinski definition) is 1. The van der Waals surface area contributed by atoms with Gasteiger partial charge in [-0.25, -0.2) is 9.97 Å². The summed E-state index contributed by atoms with van der Waals surface area (Å²) in [5.74, 6) is 0.675. The van der Waals surface area contributed by atoms with Crippen molar-refractivity contribution in [3.8, 4) is 5.75 Å². The van der Waals surface area contributed by atoms with Gasteiger partial charge in [-0.3, -0.25) is 10.1 Å². The molecular weight excluding hydrogens is 334 g/mol. The molecular formula is C15H16BrN3O2. The van der Waals surface area contributed by atoms with E-state index in [4.69, 9.17) is 4.74 Å². The lowest BCUT2D eigenvalue weighted by Gasteiger charge is -2.16. The summed E-state index contributed by atoms with van der Waals surface area (Å²) < 4.78 is 6.65. The lowest BCUT2D eigenvalue weighted by Crippen LogP contribution is -2.33. The fourth-order valence-corrected chi connectivity index (χ4v) is 1.96. The van der Waals surface area contributed by atoms with Crippen LogP contribution in [0.1, 0.15) is 19.0 Å². The highest BCUT2D eigenvalue weighted by atomic mass is 79.9. The minimum atomic E-state index is -0.588. The van der Waals surface area contributed by atoms with Gasteiger partial charge in [-0.1, -0.05) is 22.9 Å². The molecule has 21 heavy (non-hydrogen) atoms. The lowest BCUT2D eigenvalue weighted by molar-refractivity contribution is -0.122. The van der Waals surface area contributed by atoms with Crippen LogP contribution in [-0.2, 0) is 4.79 Å². The van der Waals surface area contributed by atoms with Crippen molar-refractivity contribution in [2.45, 2.75) is 26.4 Å². The highest BCUT2D eigenvalue weighted by Crippen LogP contribution is 2.18. The molecule has 1 N–H and O–H groups in total. The van der Waals surface area contributed by atoms with Gasteiger partial charge >= 0.3 is 0 Å². The standard InChI is InChI=1S/C15H16BrN3O2/c1-3-13(21-12-6-4-11(16)5-7-12)14(20)19-15-17-9-8-10(2)18-15/h4-9,13H,3H2,1-2H3,(H,17,18,19,20)/t13-/m1/s1. The molecule has 0 saturated carbocycles. The number of aromatic nitrogens is 2. The summed E-state index contributed by atoms with van der Waals surface area (Å²) >= 11 is 3.36. The highest BCUT2D eigenvalue weighted by molar-refractivity contribution is 9.10. The van der Waals surface area contributed by atoms with Crippen LogP contribution in [-0.4, -0.2) is 22.0 Å². The quantitative estimate of drug-likeness (QED) is 0.898. The van der Waals surface area contributed by atoms with Gasteiger partial charge < -0.3 is 4.74 Å². The molecule has 5 nitrogen and oxygen atoms in total. The van der Waals surface area contributed by atoms with E-state index in [2.05, 4.69) is 31.2 Å². The SMILES string of the molecule is CC[C@@H](Oc1ccc(Br)cc1)C(=O)Nc1nccc(C)n1. The van der Waals surface area contributed by atoms with Crippen LogP contribution < -0.4 is 10.1 Å². The summed E-state index contributed by atoms with van der Waals surface area (Å²) in [6.45, 7) is 3.73. The Bertz CT molecular complexity index is 617. The van der Waals surface area contributed by atoms with Crippen LogP contribution in [0.25, 0.3) is 0 Å². The molecule has 1 atom stereocenters. The second-order valence-corrected chi connectivity index (χ2v) is 5.40. The van der Waals surface area contributed by atoms with Crippen LogP contribution in [0, 0.1) is 6.92 Å². The summed E-state index contributed by atoms with van der Waals surface area (Å²) in [6.07, 6.45) is 1.57. The van der Waals surface area contributed by atoms with Gasteiger partial charge in [0, 0.05) is 16.4 Å². The number of anilines is 1. The molecule has 0 aliphatic carbocycles. The summed E-state index contributed by atoms with van der Waals surface area (Å²) in [4.78, 5) is 20.4. The van der Waals surface area contributed by atoms with E-state index < -0.39 is 6.10 Å². The average Bonchev–Trinajstić information content (AvgIpc) is 2.46. The van der Waals surface area contributed by atoms with Gasteiger partial charge in [-0.2, -0.15) is 0 Å². The lowest BCUT2D eigenvalue weighted by atomic mass is 10.2. The van der Waals surface area contributed by atoms with Crippen molar-refractivity contribution in [1.29, 1.82) is 0 Å². The van der Waals surface area contributed by atoms with Gasteiger partial charge in [0.05, 0.1) is 0 Å². The van der Waals surface area contributed by atoms with Crippen molar-refractivity contribution >= 4 is 27.8 Å². The number of rotatable bonds is 5. The Balaban J connectivity index is 2.03. The molecule has 0 spiro atoms. The molecule has 0 aliphatic rings. The number of ether oxygens (including phenoxy) is 1. The normalized spacial score (nSPS) is 11.8. The number of nitrogens with zero attached hydrogens (tertiary/aromatic N) is 2. The largest absolute Gasteiger partial charge is 0.481 e. The third kappa shape index (κ3) is 4.53. The molecule has 0 radical (unpaired) electrons. The number of carbonyl (C=O) groups excluding carboxylic acids is 1. The maximum atomic E-state index is 12.2. The van der Waals surface area contributed by atoms with E-state index in [1.54, 1.807) is 12.3 Å². The number of aryl methyl sites for hydroxylation is 1. The molecule has 2 rings (SSSR count). The zero-order valence-electron chi connectivity index (χ0n) is 11.8. The Kier molecular flexibility index (Phi) is 5.27. The minimum absolute atomic E-state index is 0.258. The molecule has 1 aromatic heterocycles. The molecule has 0 bridgehead atoms. The van der Waals surface area contributed by atoms with Gasteiger partial charge in [0.1, 0.15) is 5.75 Å². The van der Waals surface area contributed by atoms with Crippen LogP contribution in [0.3, 0.4) is 0 Å². The van der Waals surface area contributed by atoms with Crippen molar-refractivity contribution in [3.05, 3.63) is 46.7 Å². The van der Waals surface area contributed by atoms with Crippen molar-refractivity contribution in [3.63, 3.8) is 0 Å². The first kappa shape index (κ1) is 15.4. The molecule has 0 aliphatic heterocycles. The summed E-state index contributed by atoms with van der Waals surface area (Å²) in [5, 5.41) is 2.67. The Morgan fingerprint density at radius 2 is 2.05 bits per heavy atom. The van der Waals surface area contributed by atoms with Crippen LogP contribution >= 0.6 is 15.9 Å². The average molecular weight is 350 g/mol. The highest BCUT2D eigenvalue weighted by Gasteiger charge is 2.19. The third-order valence-electron chi connectivity index (χ3n) is 2.79. The smallest absolute Gasteiger partial charge is 0.267 e. The van der Waals surface area contributed by atoms with Crippen LogP contribution in [0.4, 0.5) is 5.95 Å². The minimum Gasteiger partial charge on any atom is -0.481 e. The number of nitrogens with one attached hydrogen (secondary N) is 1. The second-order valence-electron chi connectivity index (χ2n) is 4.48. The third-order valence-corrected chi connectivity index (χ3v) is 3.31. The Morgan fingerprint density at radius 3 is 2.67 bits per heavy atom. The van der Waals surface area contributed by atoms with Crippen LogP contribution in [0.2, 0.25) is 0 Å². The fourth-order valence-electron chi connectivity index (χ4n) is 1.70. The van der Waals surface area contributed by atoms with E-state index >= 15 is 0 Å². The molecule has 110 valence electrons. The summed E-state index contributed by atoms with van der Waals surface area (Å²) in [7, 11) is 0. The number of halogens is 1.